The molecule has 5 heteroatoms. The number of carbonyl (C=O) groups is 2. The molecule has 0 aliphatic heterocycles. The molecule has 1 aromatic heterocycles. The summed E-state index contributed by atoms with van der Waals surface area (Å²) in [5, 5.41) is 3.79. The highest BCUT2D eigenvalue weighted by Gasteiger charge is 2.37. The third-order valence-corrected chi connectivity index (χ3v) is 3.86. The van der Waals surface area contributed by atoms with Crippen LogP contribution >= 0.6 is 0 Å². The first kappa shape index (κ1) is 17.1. The first-order valence-corrected chi connectivity index (χ1v) is 7.75. The highest BCUT2D eigenvalue weighted by Crippen LogP contribution is 2.21. The predicted molar refractivity (Wildman–Crippen MR) is 90.4 cm³/mol. The fraction of sp³-hybridized carbons (Fsp3) is 0.444. The van der Waals surface area contributed by atoms with Gasteiger partial charge in [0.1, 0.15) is 11.2 Å². The van der Waals surface area contributed by atoms with Crippen molar-refractivity contribution in [1.82, 2.24) is 10.3 Å². The molecular formula is C18H24N2O3. The molecule has 0 saturated carbocycles. The molecular weight excluding hydrogens is 292 g/mol. The van der Waals surface area contributed by atoms with E-state index in [-0.39, 0.29) is 11.8 Å². The monoisotopic (exact) mass is 316 g/mol. The highest BCUT2D eigenvalue weighted by molar-refractivity contribution is 6.00. The summed E-state index contributed by atoms with van der Waals surface area (Å²) in [7, 11) is 1.33. The van der Waals surface area contributed by atoms with Crippen LogP contribution in [0.15, 0.2) is 24.3 Å². The van der Waals surface area contributed by atoms with Gasteiger partial charge in [-0.15, -0.1) is 0 Å². The standard InChI is InChI=1S/C18H24N2O3/c1-11(2)10-18(4,17(22)23-5)20-16(21)15-9-13-8-12(3)6-7-14(13)19-15/h6-9,11,19H,10H2,1-5H3,(H,20,21)/t18-/m1/s1. The molecule has 2 N–H and O–H groups in total. The number of amides is 1. The van der Waals surface area contributed by atoms with Crippen LogP contribution < -0.4 is 5.32 Å². The van der Waals surface area contributed by atoms with Crippen molar-refractivity contribution in [2.75, 3.05) is 7.11 Å². The van der Waals surface area contributed by atoms with Crippen LogP contribution in [-0.4, -0.2) is 29.5 Å². The number of hydrogen-bond acceptors (Lipinski definition) is 3. The first-order chi connectivity index (χ1) is 10.7. The maximum Gasteiger partial charge on any atom is 0.331 e. The lowest BCUT2D eigenvalue weighted by Crippen LogP contribution is -2.53. The van der Waals surface area contributed by atoms with Gasteiger partial charge < -0.3 is 15.0 Å². The Bertz CT molecular complexity index is 733. The molecule has 5 nitrogen and oxygen atoms in total. The van der Waals surface area contributed by atoms with E-state index in [2.05, 4.69) is 10.3 Å². The Balaban J connectivity index is 2.27. The molecule has 124 valence electrons. The van der Waals surface area contributed by atoms with E-state index in [1.165, 1.54) is 7.11 Å². The van der Waals surface area contributed by atoms with Gasteiger partial charge >= 0.3 is 5.97 Å². The van der Waals surface area contributed by atoms with Gasteiger partial charge in [-0.2, -0.15) is 0 Å². The quantitative estimate of drug-likeness (QED) is 0.832. The number of fused-ring (bicyclic) bond motifs is 1. The number of rotatable bonds is 5. The zero-order valence-electron chi connectivity index (χ0n) is 14.3. The van der Waals surface area contributed by atoms with Crippen LogP contribution in [0, 0.1) is 12.8 Å². The minimum Gasteiger partial charge on any atom is -0.467 e. The number of nitrogens with one attached hydrogen (secondary N) is 2. The molecule has 0 spiro atoms. The van der Waals surface area contributed by atoms with Crippen LogP contribution in [0.4, 0.5) is 0 Å². The van der Waals surface area contributed by atoms with Gasteiger partial charge in [-0.1, -0.05) is 25.5 Å². The minimum absolute atomic E-state index is 0.241. The SMILES string of the molecule is COC(=O)[C@@](C)(CC(C)C)NC(=O)c1cc2cc(C)ccc2[nH]1. The average molecular weight is 316 g/mol. The van der Waals surface area contributed by atoms with Gasteiger partial charge in [0, 0.05) is 10.9 Å². The normalized spacial score (nSPS) is 13.8. The van der Waals surface area contributed by atoms with E-state index in [9.17, 15) is 9.59 Å². The van der Waals surface area contributed by atoms with Crippen molar-refractivity contribution in [1.29, 1.82) is 0 Å². The summed E-state index contributed by atoms with van der Waals surface area (Å²) in [6.07, 6.45) is 0.505. The number of methoxy groups -OCH3 is 1. The number of aryl methyl sites for hydroxylation is 1. The number of H-pyrrole nitrogens is 1. The molecule has 0 aliphatic carbocycles. The zero-order chi connectivity index (χ0) is 17.2. The van der Waals surface area contributed by atoms with Gasteiger partial charge in [-0.3, -0.25) is 4.79 Å². The number of ether oxygens (including phenoxy) is 1. The minimum atomic E-state index is -1.05. The summed E-state index contributed by atoms with van der Waals surface area (Å²) in [5.41, 5.74) is 1.41. The molecule has 1 amide bonds. The van der Waals surface area contributed by atoms with Gasteiger partial charge in [0.05, 0.1) is 7.11 Å². The van der Waals surface area contributed by atoms with E-state index in [1.54, 1.807) is 13.0 Å². The van der Waals surface area contributed by atoms with Crippen LogP contribution in [0.5, 0.6) is 0 Å². The van der Waals surface area contributed by atoms with E-state index in [0.29, 0.717) is 12.1 Å². The van der Waals surface area contributed by atoms with E-state index >= 15 is 0 Å². The van der Waals surface area contributed by atoms with E-state index in [1.807, 2.05) is 39.0 Å². The lowest BCUT2D eigenvalue weighted by molar-refractivity contribution is -0.148. The zero-order valence-corrected chi connectivity index (χ0v) is 14.3. The molecule has 0 unspecified atom stereocenters. The van der Waals surface area contributed by atoms with E-state index < -0.39 is 11.5 Å². The Morgan fingerprint density at radius 2 is 2.00 bits per heavy atom. The summed E-state index contributed by atoms with van der Waals surface area (Å²) < 4.78 is 4.86. The predicted octanol–water partition coefficient (Wildman–Crippen LogP) is 3.18. The number of carbonyl (C=O) groups excluding carboxylic acids is 2. The lowest BCUT2D eigenvalue weighted by Gasteiger charge is -2.29. The van der Waals surface area contributed by atoms with Crippen molar-refractivity contribution < 1.29 is 14.3 Å². The van der Waals surface area contributed by atoms with Crippen LogP contribution in [-0.2, 0) is 9.53 Å². The number of aromatic amines is 1. The summed E-state index contributed by atoms with van der Waals surface area (Å²) in [4.78, 5) is 27.8. The maximum absolute atomic E-state index is 12.6. The Morgan fingerprint density at radius 1 is 1.30 bits per heavy atom. The molecule has 0 saturated heterocycles. The van der Waals surface area contributed by atoms with Gasteiger partial charge in [-0.25, -0.2) is 4.79 Å². The summed E-state index contributed by atoms with van der Waals surface area (Å²) in [6, 6.07) is 7.73. The Labute approximate surface area is 136 Å². The second kappa shape index (κ2) is 6.44. The molecule has 0 bridgehead atoms. The van der Waals surface area contributed by atoms with Gasteiger partial charge in [0.25, 0.3) is 5.91 Å². The largest absolute Gasteiger partial charge is 0.467 e. The first-order valence-electron chi connectivity index (χ1n) is 7.75. The molecule has 1 atom stereocenters. The van der Waals surface area contributed by atoms with Crippen molar-refractivity contribution in [2.45, 2.75) is 39.7 Å². The van der Waals surface area contributed by atoms with Gasteiger partial charge in [-0.05, 0) is 44.4 Å². The fourth-order valence-electron chi connectivity index (χ4n) is 2.92. The van der Waals surface area contributed by atoms with Gasteiger partial charge in [0.2, 0.25) is 0 Å². The topological polar surface area (TPSA) is 71.2 Å². The Morgan fingerprint density at radius 3 is 2.61 bits per heavy atom. The van der Waals surface area contributed by atoms with E-state index in [4.69, 9.17) is 4.74 Å². The summed E-state index contributed by atoms with van der Waals surface area (Å²) >= 11 is 0. The number of hydrogen-bond donors (Lipinski definition) is 2. The fourth-order valence-corrected chi connectivity index (χ4v) is 2.92. The van der Waals surface area contributed by atoms with Crippen molar-refractivity contribution >= 4 is 22.8 Å². The smallest absolute Gasteiger partial charge is 0.331 e. The third kappa shape index (κ3) is 3.73. The molecule has 0 radical (unpaired) electrons. The van der Waals surface area contributed by atoms with E-state index in [0.717, 1.165) is 16.5 Å². The number of esters is 1. The average Bonchev–Trinajstić information content (AvgIpc) is 2.88. The maximum atomic E-state index is 12.6. The molecule has 2 aromatic rings. The summed E-state index contributed by atoms with van der Waals surface area (Å²) in [5.74, 6) is -0.510. The van der Waals surface area contributed by atoms with Crippen LogP contribution in [0.25, 0.3) is 10.9 Å². The Hall–Kier alpha value is -2.30. The molecule has 0 fully saturated rings. The van der Waals surface area contributed by atoms with Crippen molar-refractivity contribution in [3.63, 3.8) is 0 Å². The van der Waals surface area contributed by atoms with Crippen molar-refractivity contribution in [3.8, 4) is 0 Å². The lowest BCUT2D eigenvalue weighted by atomic mass is 9.90. The molecule has 23 heavy (non-hydrogen) atoms. The molecule has 0 aliphatic rings. The second-order valence-electron chi connectivity index (χ2n) is 6.65. The van der Waals surface area contributed by atoms with Gasteiger partial charge in [0.15, 0.2) is 0 Å². The van der Waals surface area contributed by atoms with Crippen molar-refractivity contribution in [3.05, 3.63) is 35.5 Å². The highest BCUT2D eigenvalue weighted by atomic mass is 16.5. The Kier molecular flexibility index (Phi) is 4.78. The number of benzene rings is 1. The van der Waals surface area contributed by atoms with Crippen LogP contribution in [0.2, 0.25) is 0 Å². The summed E-state index contributed by atoms with van der Waals surface area (Å²) in [6.45, 7) is 7.70. The molecule has 2 rings (SSSR count). The van der Waals surface area contributed by atoms with Crippen molar-refractivity contribution in [2.24, 2.45) is 5.92 Å². The second-order valence-corrected chi connectivity index (χ2v) is 6.65. The van der Waals surface area contributed by atoms with Crippen LogP contribution in [0.1, 0.15) is 43.2 Å². The molecule has 1 aromatic carbocycles. The van der Waals surface area contributed by atoms with Crippen LogP contribution in [0.3, 0.4) is 0 Å². The number of aromatic nitrogens is 1. The molecule has 1 heterocycles. The third-order valence-electron chi connectivity index (χ3n) is 3.86.